The zero-order chi connectivity index (χ0) is 12.4. The van der Waals surface area contributed by atoms with Crippen molar-refractivity contribution in [2.24, 2.45) is 5.73 Å². The molecule has 0 fully saturated rings. The monoisotopic (exact) mass is 235 g/mol. The van der Waals surface area contributed by atoms with Crippen LogP contribution in [0.25, 0.3) is 0 Å². The molecule has 0 aromatic heterocycles. The molecule has 1 aliphatic rings. The topological polar surface area (TPSA) is 83.6 Å². The number of nitrogens with two attached hydrogens (primary N) is 1. The lowest BCUT2D eigenvalue weighted by Crippen LogP contribution is -2.19. The number of aliphatic carboxylic acids is 1. The largest absolute Gasteiger partial charge is 0.507 e. The standard InChI is InChI=1S/C13H17NO3/c14-10-4-3-8-1-2-9(7-12(15)16)13(17)11(8)6-5-10/h1-2,10,17H,3-7,14H2,(H,15,16). The van der Waals surface area contributed by atoms with Crippen molar-refractivity contribution in [1.82, 2.24) is 0 Å². The molecule has 2 rings (SSSR count). The van der Waals surface area contributed by atoms with E-state index in [-0.39, 0.29) is 18.2 Å². The maximum absolute atomic E-state index is 10.7. The lowest BCUT2D eigenvalue weighted by Gasteiger charge is -2.11. The quantitative estimate of drug-likeness (QED) is 0.673. The van der Waals surface area contributed by atoms with Crippen LogP contribution in [-0.4, -0.2) is 22.2 Å². The highest BCUT2D eigenvalue weighted by Crippen LogP contribution is 2.31. The molecule has 0 saturated heterocycles. The number of hydrogen-bond donors (Lipinski definition) is 3. The highest BCUT2D eigenvalue weighted by atomic mass is 16.4. The van der Waals surface area contributed by atoms with E-state index in [9.17, 15) is 9.90 Å². The lowest BCUT2D eigenvalue weighted by atomic mass is 9.97. The molecule has 0 radical (unpaired) electrons. The Kier molecular flexibility index (Phi) is 3.33. The Morgan fingerprint density at radius 3 is 2.76 bits per heavy atom. The molecule has 0 amide bonds. The van der Waals surface area contributed by atoms with Crippen molar-refractivity contribution in [3.63, 3.8) is 0 Å². The van der Waals surface area contributed by atoms with E-state index in [0.717, 1.165) is 36.8 Å². The first-order valence-electron chi connectivity index (χ1n) is 5.88. The molecule has 0 heterocycles. The van der Waals surface area contributed by atoms with E-state index in [1.165, 1.54) is 0 Å². The fraction of sp³-hybridized carbons (Fsp3) is 0.462. The van der Waals surface area contributed by atoms with E-state index in [2.05, 4.69) is 0 Å². The van der Waals surface area contributed by atoms with Crippen molar-refractivity contribution < 1.29 is 15.0 Å². The van der Waals surface area contributed by atoms with Gasteiger partial charge in [-0.25, -0.2) is 0 Å². The predicted octanol–water partition coefficient (Wildman–Crippen LogP) is 1.23. The van der Waals surface area contributed by atoms with E-state index < -0.39 is 5.97 Å². The third kappa shape index (κ3) is 2.58. The number of aromatic hydroxyl groups is 1. The number of carboxylic acid groups (broad SMARTS) is 1. The van der Waals surface area contributed by atoms with Crippen LogP contribution in [0, 0.1) is 0 Å². The molecule has 4 nitrogen and oxygen atoms in total. The first-order chi connectivity index (χ1) is 8.08. The molecule has 92 valence electrons. The van der Waals surface area contributed by atoms with E-state index >= 15 is 0 Å². The zero-order valence-electron chi connectivity index (χ0n) is 9.65. The van der Waals surface area contributed by atoms with Crippen molar-refractivity contribution in [2.75, 3.05) is 0 Å². The molecule has 1 aromatic rings. The number of hydrogen-bond acceptors (Lipinski definition) is 3. The second-order valence-corrected chi connectivity index (χ2v) is 4.62. The average molecular weight is 235 g/mol. The highest BCUT2D eigenvalue weighted by Gasteiger charge is 2.18. The molecule has 1 aromatic carbocycles. The predicted molar refractivity (Wildman–Crippen MR) is 64.1 cm³/mol. The van der Waals surface area contributed by atoms with Gasteiger partial charge in [-0.1, -0.05) is 12.1 Å². The summed E-state index contributed by atoms with van der Waals surface area (Å²) in [7, 11) is 0. The first-order valence-corrected chi connectivity index (χ1v) is 5.88. The fourth-order valence-corrected chi connectivity index (χ4v) is 2.36. The average Bonchev–Trinajstić information content (AvgIpc) is 2.45. The van der Waals surface area contributed by atoms with E-state index in [4.69, 9.17) is 10.8 Å². The number of carbonyl (C=O) groups is 1. The second-order valence-electron chi connectivity index (χ2n) is 4.62. The Balaban J connectivity index is 2.34. The summed E-state index contributed by atoms with van der Waals surface area (Å²) in [5.41, 5.74) is 8.39. The summed E-state index contributed by atoms with van der Waals surface area (Å²) in [6.07, 6.45) is 3.22. The van der Waals surface area contributed by atoms with Gasteiger partial charge < -0.3 is 15.9 Å². The number of benzene rings is 1. The van der Waals surface area contributed by atoms with Gasteiger partial charge in [0.05, 0.1) is 6.42 Å². The van der Waals surface area contributed by atoms with Crippen LogP contribution in [0.4, 0.5) is 0 Å². The minimum atomic E-state index is -0.925. The molecule has 0 spiro atoms. The fourth-order valence-electron chi connectivity index (χ4n) is 2.36. The number of aryl methyl sites for hydroxylation is 1. The van der Waals surface area contributed by atoms with Crippen LogP contribution in [0.3, 0.4) is 0 Å². The maximum Gasteiger partial charge on any atom is 0.307 e. The number of fused-ring (bicyclic) bond motifs is 1. The van der Waals surface area contributed by atoms with E-state index in [1.807, 2.05) is 6.07 Å². The summed E-state index contributed by atoms with van der Waals surface area (Å²) < 4.78 is 0. The number of carboxylic acids is 1. The Bertz CT molecular complexity index is 443. The summed E-state index contributed by atoms with van der Waals surface area (Å²) in [5.74, 6) is -0.774. The van der Waals surface area contributed by atoms with Gasteiger partial charge in [-0.05, 0) is 36.8 Å². The molecule has 17 heavy (non-hydrogen) atoms. The Morgan fingerprint density at radius 2 is 2.06 bits per heavy atom. The van der Waals surface area contributed by atoms with Crippen LogP contribution in [0.5, 0.6) is 5.75 Å². The Morgan fingerprint density at radius 1 is 1.35 bits per heavy atom. The third-order valence-corrected chi connectivity index (χ3v) is 3.35. The molecule has 0 saturated carbocycles. The second kappa shape index (κ2) is 4.75. The molecule has 4 heteroatoms. The summed E-state index contributed by atoms with van der Waals surface area (Å²) in [6, 6.07) is 3.80. The van der Waals surface area contributed by atoms with Crippen LogP contribution >= 0.6 is 0 Å². The van der Waals surface area contributed by atoms with Gasteiger partial charge in [0, 0.05) is 11.6 Å². The first kappa shape index (κ1) is 11.9. The van der Waals surface area contributed by atoms with Gasteiger partial charge in [0.2, 0.25) is 0 Å². The number of phenols is 1. The normalized spacial score (nSPS) is 19.5. The van der Waals surface area contributed by atoms with Crippen molar-refractivity contribution in [3.05, 3.63) is 28.8 Å². The minimum absolute atomic E-state index is 0.134. The van der Waals surface area contributed by atoms with E-state index in [0.29, 0.717) is 5.56 Å². The summed E-state index contributed by atoms with van der Waals surface area (Å²) in [5, 5.41) is 18.9. The van der Waals surface area contributed by atoms with Crippen LogP contribution in [0.1, 0.15) is 29.5 Å². The van der Waals surface area contributed by atoms with Gasteiger partial charge in [-0.15, -0.1) is 0 Å². The SMILES string of the molecule is NC1CCc2ccc(CC(=O)O)c(O)c2CC1. The van der Waals surface area contributed by atoms with Gasteiger partial charge >= 0.3 is 5.97 Å². The highest BCUT2D eigenvalue weighted by molar-refractivity contribution is 5.71. The van der Waals surface area contributed by atoms with Gasteiger partial charge in [-0.2, -0.15) is 0 Å². The lowest BCUT2D eigenvalue weighted by molar-refractivity contribution is -0.136. The maximum atomic E-state index is 10.7. The molecule has 1 aliphatic carbocycles. The van der Waals surface area contributed by atoms with Crippen molar-refractivity contribution in [1.29, 1.82) is 0 Å². The molecule has 1 atom stereocenters. The molecular weight excluding hydrogens is 218 g/mol. The van der Waals surface area contributed by atoms with Crippen molar-refractivity contribution >= 4 is 5.97 Å². The molecule has 0 aliphatic heterocycles. The number of rotatable bonds is 2. The minimum Gasteiger partial charge on any atom is -0.507 e. The van der Waals surface area contributed by atoms with E-state index in [1.54, 1.807) is 6.07 Å². The van der Waals surface area contributed by atoms with Gasteiger partial charge in [0.25, 0.3) is 0 Å². The third-order valence-electron chi connectivity index (χ3n) is 3.35. The van der Waals surface area contributed by atoms with Gasteiger partial charge in [-0.3, -0.25) is 4.79 Å². The van der Waals surface area contributed by atoms with Crippen LogP contribution < -0.4 is 5.73 Å². The van der Waals surface area contributed by atoms with Crippen molar-refractivity contribution in [2.45, 2.75) is 38.1 Å². The number of phenolic OH excluding ortho intramolecular Hbond substituents is 1. The Labute approximate surface area is 100 Å². The smallest absolute Gasteiger partial charge is 0.307 e. The summed E-state index contributed by atoms with van der Waals surface area (Å²) >= 11 is 0. The van der Waals surface area contributed by atoms with Crippen LogP contribution in [-0.2, 0) is 24.1 Å². The summed E-state index contributed by atoms with van der Waals surface area (Å²) in [4.78, 5) is 10.7. The molecular formula is C13H17NO3. The van der Waals surface area contributed by atoms with Crippen LogP contribution in [0.15, 0.2) is 12.1 Å². The zero-order valence-corrected chi connectivity index (χ0v) is 9.65. The summed E-state index contributed by atoms with van der Waals surface area (Å²) in [6.45, 7) is 0. The molecule has 1 unspecified atom stereocenters. The van der Waals surface area contributed by atoms with Gasteiger partial charge in [0.1, 0.15) is 5.75 Å². The molecule has 0 bridgehead atoms. The van der Waals surface area contributed by atoms with Crippen LogP contribution in [0.2, 0.25) is 0 Å². The molecule has 4 N–H and O–H groups in total. The Hall–Kier alpha value is -1.55. The van der Waals surface area contributed by atoms with Gasteiger partial charge in [0.15, 0.2) is 0 Å². The van der Waals surface area contributed by atoms with Crippen molar-refractivity contribution in [3.8, 4) is 5.75 Å².